The van der Waals surface area contributed by atoms with E-state index in [-0.39, 0.29) is 5.54 Å². The summed E-state index contributed by atoms with van der Waals surface area (Å²) >= 11 is 0. The summed E-state index contributed by atoms with van der Waals surface area (Å²) in [5.41, 5.74) is 4.65. The fourth-order valence-electron chi connectivity index (χ4n) is 0.533. The van der Waals surface area contributed by atoms with Crippen LogP contribution in [0.4, 0.5) is 0 Å². The normalized spacial score (nSPS) is 10.9. The smallest absolute Gasteiger partial charge is 0.0401 e. The predicted octanol–water partition coefficient (Wildman–Crippen LogP) is 3.09. The van der Waals surface area contributed by atoms with Crippen LogP contribution in [0.3, 0.4) is 0 Å². The Labute approximate surface area is 76.6 Å². The molecular weight excluding hydrogens is 146 g/mol. The van der Waals surface area contributed by atoms with Gasteiger partial charge in [0.15, 0.2) is 0 Å². The third-order valence-corrected chi connectivity index (χ3v) is 1.67. The van der Waals surface area contributed by atoms with Crippen LogP contribution in [0, 0.1) is 5.92 Å². The number of allylic oxidation sites excluding steroid dienone is 1. The summed E-state index contributed by atoms with van der Waals surface area (Å²) in [5, 5.41) is 3.25. The van der Waals surface area contributed by atoms with Gasteiger partial charge < -0.3 is 5.32 Å². The largest absolute Gasteiger partial charge is 0.380 e. The number of rotatable bonds is 2. The Hall–Kier alpha value is -0.680. The molecule has 0 fully saturated rings. The summed E-state index contributed by atoms with van der Waals surface area (Å²) in [6, 6.07) is 0. The maximum Gasteiger partial charge on any atom is 0.0401 e. The molecular formula is C11H21N. The minimum Gasteiger partial charge on any atom is -0.380 e. The summed E-state index contributed by atoms with van der Waals surface area (Å²) in [7, 11) is 0. The fraction of sp³-hybridized carbons (Fsp3) is 0.727. The molecule has 0 spiro atoms. The molecule has 0 aromatic heterocycles. The van der Waals surface area contributed by atoms with Gasteiger partial charge in [0, 0.05) is 11.7 Å². The van der Waals surface area contributed by atoms with Crippen molar-refractivity contribution in [1.82, 2.24) is 5.32 Å². The molecule has 1 nitrogen and oxygen atoms in total. The molecule has 0 aliphatic carbocycles. The number of hydrogen-bond donors (Lipinski definition) is 1. The average molecular weight is 167 g/mol. The minimum atomic E-state index is 0.143. The standard InChI is InChI=1S/C11H21N/c1-9(2)10(3)7-8-12-11(4,5)6/h8-9,12H,1-6H3. The Bertz CT molecular complexity index is 188. The summed E-state index contributed by atoms with van der Waals surface area (Å²) in [4.78, 5) is 0. The van der Waals surface area contributed by atoms with E-state index in [0.29, 0.717) is 5.92 Å². The Morgan fingerprint density at radius 1 is 1.33 bits per heavy atom. The Morgan fingerprint density at radius 3 is 2.17 bits per heavy atom. The molecule has 0 amide bonds. The van der Waals surface area contributed by atoms with Gasteiger partial charge in [-0.2, -0.15) is 0 Å². The van der Waals surface area contributed by atoms with E-state index in [1.54, 1.807) is 0 Å². The van der Waals surface area contributed by atoms with E-state index in [0.717, 1.165) is 0 Å². The highest BCUT2D eigenvalue weighted by atomic mass is 14.9. The molecule has 0 aliphatic rings. The van der Waals surface area contributed by atoms with Crippen molar-refractivity contribution in [3.8, 4) is 0 Å². The molecule has 0 radical (unpaired) electrons. The van der Waals surface area contributed by atoms with Gasteiger partial charge in [0.25, 0.3) is 0 Å². The molecule has 0 saturated carbocycles. The van der Waals surface area contributed by atoms with Gasteiger partial charge in [-0.05, 0) is 39.2 Å². The lowest BCUT2D eigenvalue weighted by atomic mass is 10.1. The van der Waals surface area contributed by atoms with Crippen molar-refractivity contribution in [3.05, 3.63) is 17.5 Å². The van der Waals surface area contributed by atoms with Crippen molar-refractivity contribution in [2.45, 2.75) is 47.1 Å². The highest BCUT2D eigenvalue weighted by molar-refractivity contribution is 5.00. The van der Waals surface area contributed by atoms with Crippen LogP contribution < -0.4 is 5.32 Å². The molecule has 0 aromatic rings. The second-order valence-corrected chi connectivity index (χ2v) is 4.52. The molecule has 0 atom stereocenters. The van der Waals surface area contributed by atoms with E-state index in [1.807, 2.05) is 6.20 Å². The van der Waals surface area contributed by atoms with E-state index in [9.17, 15) is 0 Å². The second kappa shape index (κ2) is 4.37. The molecule has 0 rings (SSSR count). The molecule has 0 saturated heterocycles. The average Bonchev–Trinajstić information content (AvgIpc) is 1.84. The van der Waals surface area contributed by atoms with Crippen molar-refractivity contribution < 1.29 is 0 Å². The zero-order valence-electron chi connectivity index (χ0n) is 9.15. The van der Waals surface area contributed by atoms with Crippen LogP contribution >= 0.6 is 0 Å². The van der Waals surface area contributed by atoms with E-state index in [1.165, 1.54) is 5.57 Å². The van der Waals surface area contributed by atoms with Crippen LogP contribution in [-0.4, -0.2) is 5.54 Å². The first-order chi connectivity index (χ1) is 5.33. The van der Waals surface area contributed by atoms with Crippen LogP contribution in [0.25, 0.3) is 0 Å². The lowest BCUT2D eigenvalue weighted by Gasteiger charge is -2.17. The van der Waals surface area contributed by atoms with Gasteiger partial charge in [0.1, 0.15) is 0 Å². The van der Waals surface area contributed by atoms with E-state index in [2.05, 4.69) is 52.6 Å². The second-order valence-electron chi connectivity index (χ2n) is 4.52. The molecule has 1 heteroatoms. The first-order valence-corrected chi connectivity index (χ1v) is 4.52. The van der Waals surface area contributed by atoms with Crippen LogP contribution in [0.2, 0.25) is 0 Å². The van der Waals surface area contributed by atoms with Gasteiger partial charge in [0.05, 0.1) is 0 Å². The molecule has 0 aliphatic heterocycles. The Morgan fingerprint density at radius 2 is 1.83 bits per heavy atom. The first kappa shape index (κ1) is 11.3. The maximum atomic E-state index is 3.25. The molecule has 0 bridgehead atoms. The third-order valence-electron chi connectivity index (χ3n) is 1.67. The van der Waals surface area contributed by atoms with Gasteiger partial charge in [-0.1, -0.05) is 13.8 Å². The summed E-state index contributed by atoms with van der Waals surface area (Å²) < 4.78 is 0. The minimum absolute atomic E-state index is 0.143. The predicted molar refractivity (Wildman–Crippen MR) is 55.0 cm³/mol. The van der Waals surface area contributed by atoms with Crippen molar-refractivity contribution in [1.29, 1.82) is 0 Å². The summed E-state index contributed by atoms with van der Waals surface area (Å²) in [6.07, 6.45) is 1.91. The van der Waals surface area contributed by atoms with E-state index < -0.39 is 0 Å². The Balaban J connectivity index is 4.15. The van der Waals surface area contributed by atoms with E-state index >= 15 is 0 Å². The van der Waals surface area contributed by atoms with Crippen molar-refractivity contribution in [2.75, 3.05) is 0 Å². The topological polar surface area (TPSA) is 12.0 Å². The maximum absolute atomic E-state index is 3.25. The molecule has 12 heavy (non-hydrogen) atoms. The van der Waals surface area contributed by atoms with Crippen LogP contribution in [-0.2, 0) is 0 Å². The molecule has 70 valence electrons. The molecule has 1 N–H and O–H groups in total. The van der Waals surface area contributed by atoms with Crippen molar-refractivity contribution >= 4 is 0 Å². The molecule has 0 unspecified atom stereocenters. The fourth-order valence-corrected chi connectivity index (χ4v) is 0.533. The zero-order chi connectivity index (χ0) is 9.78. The van der Waals surface area contributed by atoms with E-state index in [4.69, 9.17) is 0 Å². The van der Waals surface area contributed by atoms with Gasteiger partial charge in [-0.15, -0.1) is 5.73 Å². The van der Waals surface area contributed by atoms with Crippen LogP contribution in [0.5, 0.6) is 0 Å². The SMILES string of the molecule is CC(=C=CNC(C)(C)C)C(C)C. The zero-order valence-corrected chi connectivity index (χ0v) is 9.15. The first-order valence-electron chi connectivity index (χ1n) is 4.52. The Kier molecular flexibility index (Phi) is 4.12. The van der Waals surface area contributed by atoms with Gasteiger partial charge in [-0.3, -0.25) is 0 Å². The lowest BCUT2D eigenvalue weighted by Crippen LogP contribution is -2.30. The van der Waals surface area contributed by atoms with Crippen LogP contribution in [0.15, 0.2) is 17.5 Å². The van der Waals surface area contributed by atoms with Crippen LogP contribution in [0.1, 0.15) is 41.5 Å². The summed E-state index contributed by atoms with van der Waals surface area (Å²) in [6.45, 7) is 12.9. The monoisotopic (exact) mass is 167 g/mol. The van der Waals surface area contributed by atoms with Gasteiger partial charge in [-0.25, -0.2) is 0 Å². The third kappa shape index (κ3) is 6.06. The number of nitrogens with one attached hydrogen (secondary N) is 1. The quantitative estimate of drug-likeness (QED) is 0.623. The molecule has 0 aromatic carbocycles. The summed E-state index contributed by atoms with van der Waals surface area (Å²) in [5.74, 6) is 0.586. The van der Waals surface area contributed by atoms with Crippen molar-refractivity contribution in [3.63, 3.8) is 0 Å². The number of hydrogen-bond acceptors (Lipinski definition) is 1. The van der Waals surface area contributed by atoms with Crippen molar-refractivity contribution in [2.24, 2.45) is 5.92 Å². The van der Waals surface area contributed by atoms with Gasteiger partial charge >= 0.3 is 0 Å². The highest BCUT2D eigenvalue weighted by Gasteiger charge is 2.04. The highest BCUT2D eigenvalue weighted by Crippen LogP contribution is 2.05. The lowest BCUT2D eigenvalue weighted by molar-refractivity contribution is 0.491. The van der Waals surface area contributed by atoms with Gasteiger partial charge in [0.2, 0.25) is 0 Å². The molecule has 0 heterocycles.